The van der Waals surface area contributed by atoms with Gasteiger partial charge in [-0.3, -0.25) is 0 Å². The predicted molar refractivity (Wildman–Crippen MR) is 78.8 cm³/mol. The summed E-state index contributed by atoms with van der Waals surface area (Å²) in [7, 11) is 0. The molecule has 1 atom stereocenters. The number of rotatable bonds is 5. The number of anilines is 1. The van der Waals surface area contributed by atoms with Crippen molar-refractivity contribution in [1.29, 1.82) is 0 Å². The van der Waals surface area contributed by atoms with Crippen LogP contribution >= 0.6 is 0 Å². The molecule has 0 amide bonds. The summed E-state index contributed by atoms with van der Waals surface area (Å²) < 4.78 is 1.76. The third-order valence-electron chi connectivity index (χ3n) is 3.78. The molecule has 0 spiro atoms. The lowest BCUT2D eigenvalue weighted by Gasteiger charge is -2.21. The van der Waals surface area contributed by atoms with Gasteiger partial charge in [-0.1, -0.05) is 6.92 Å². The summed E-state index contributed by atoms with van der Waals surface area (Å²) in [5.74, 6) is 2.23. The monoisotopic (exact) mass is 274 g/mol. The Morgan fingerprint density at radius 3 is 2.95 bits per heavy atom. The van der Waals surface area contributed by atoms with Gasteiger partial charge < -0.3 is 10.2 Å². The second kappa shape index (κ2) is 5.75. The lowest BCUT2D eigenvalue weighted by Crippen LogP contribution is -2.29. The van der Waals surface area contributed by atoms with E-state index < -0.39 is 0 Å². The van der Waals surface area contributed by atoms with Crippen LogP contribution in [0.4, 0.5) is 5.82 Å². The van der Waals surface area contributed by atoms with Crippen molar-refractivity contribution in [3.63, 3.8) is 0 Å². The van der Waals surface area contributed by atoms with Crippen molar-refractivity contribution in [2.75, 3.05) is 31.5 Å². The number of hydrogen-bond acceptors (Lipinski definition) is 5. The van der Waals surface area contributed by atoms with Crippen LogP contribution in [0.5, 0.6) is 0 Å². The van der Waals surface area contributed by atoms with Gasteiger partial charge in [0.05, 0.1) is 0 Å². The maximum absolute atomic E-state index is 4.35. The molecule has 3 heterocycles. The Labute approximate surface area is 119 Å². The van der Waals surface area contributed by atoms with Crippen molar-refractivity contribution in [2.45, 2.75) is 26.7 Å². The van der Waals surface area contributed by atoms with Crippen LogP contribution in [0, 0.1) is 12.8 Å². The molecule has 0 aliphatic carbocycles. The molecule has 1 unspecified atom stereocenters. The van der Waals surface area contributed by atoms with E-state index in [9.17, 15) is 0 Å². The van der Waals surface area contributed by atoms with Crippen molar-refractivity contribution in [1.82, 2.24) is 24.5 Å². The number of nitrogens with one attached hydrogen (secondary N) is 1. The van der Waals surface area contributed by atoms with Gasteiger partial charge in [0.2, 0.25) is 0 Å². The van der Waals surface area contributed by atoms with E-state index in [1.165, 1.54) is 25.9 Å². The summed E-state index contributed by atoms with van der Waals surface area (Å²) in [6.07, 6.45) is 4.24. The van der Waals surface area contributed by atoms with E-state index in [0.717, 1.165) is 24.6 Å². The first-order chi connectivity index (χ1) is 9.72. The van der Waals surface area contributed by atoms with E-state index in [-0.39, 0.29) is 0 Å². The zero-order valence-corrected chi connectivity index (χ0v) is 12.2. The van der Waals surface area contributed by atoms with Gasteiger partial charge in [-0.25, -0.2) is 4.98 Å². The number of hydrogen-bond donors (Lipinski definition) is 1. The summed E-state index contributed by atoms with van der Waals surface area (Å²) in [5.41, 5.74) is 0.959. The summed E-state index contributed by atoms with van der Waals surface area (Å²) in [6, 6.07) is 2.02. The van der Waals surface area contributed by atoms with E-state index in [1.54, 1.807) is 10.8 Å². The molecule has 2 aromatic rings. The largest absolute Gasteiger partial charge is 0.370 e. The molecule has 1 aliphatic rings. The van der Waals surface area contributed by atoms with E-state index in [1.807, 2.05) is 13.0 Å². The van der Waals surface area contributed by atoms with E-state index >= 15 is 0 Å². The van der Waals surface area contributed by atoms with E-state index in [0.29, 0.717) is 11.7 Å². The van der Waals surface area contributed by atoms with Gasteiger partial charge in [-0.15, -0.1) is 0 Å². The first-order valence-electron chi connectivity index (χ1n) is 7.36. The minimum Gasteiger partial charge on any atom is -0.370 e. The van der Waals surface area contributed by atoms with Gasteiger partial charge in [0.15, 0.2) is 0 Å². The third kappa shape index (κ3) is 2.90. The quantitative estimate of drug-likeness (QED) is 0.897. The maximum atomic E-state index is 4.35. The second-order valence-corrected chi connectivity index (χ2v) is 5.75. The molecule has 6 nitrogen and oxygen atoms in total. The molecule has 1 N–H and O–H groups in total. The fourth-order valence-electron chi connectivity index (χ4n) is 2.81. The van der Waals surface area contributed by atoms with Crippen molar-refractivity contribution < 1.29 is 0 Å². The lowest BCUT2D eigenvalue weighted by molar-refractivity contribution is 0.294. The Kier molecular flexibility index (Phi) is 3.82. The molecule has 0 radical (unpaired) electrons. The predicted octanol–water partition coefficient (Wildman–Crippen LogP) is 1.58. The molecule has 1 fully saturated rings. The summed E-state index contributed by atoms with van der Waals surface area (Å²) >= 11 is 0. The highest BCUT2D eigenvalue weighted by Gasteiger charge is 2.15. The standard InChI is InChI=1S/C14H22N6/c1-11(9-19-5-3-4-6-19)8-15-13-7-12(2)18-14-16-10-17-20(13)14/h7,10-11,15H,3-6,8-9H2,1-2H3. The highest BCUT2D eigenvalue weighted by Crippen LogP contribution is 2.13. The second-order valence-electron chi connectivity index (χ2n) is 5.75. The molecule has 0 aromatic carbocycles. The smallest absolute Gasteiger partial charge is 0.254 e. The van der Waals surface area contributed by atoms with E-state index in [4.69, 9.17) is 0 Å². The molecule has 108 valence electrons. The van der Waals surface area contributed by atoms with Crippen molar-refractivity contribution in [3.05, 3.63) is 18.1 Å². The molecular formula is C14H22N6. The van der Waals surface area contributed by atoms with Gasteiger partial charge in [0.25, 0.3) is 5.78 Å². The summed E-state index contributed by atoms with van der Waals surface area (Å²) in [5, 5.41) is 7.69. The summed E-state index contributed by atoms with van der Waals surface area (Å²) in [6.45, 7) is 8.88. The van der Waals surface area contributed by atoms with Crippen molar-refractivity contribution in [2.24, 2.45) is 5.92 Å². The SMILES string of the molecule is Cc1cc(NCC(C)CN2CCCC2)n2ncnc2n1. The Bertz CT molecular complexity index is 572. The van der Waals surface area contributed by atoms with Crippen LogP contribution in [-0.4, -0.2) is 50.7 Å². The number of aryl methyl sites for hydroxylation is 1. The highest BCUT2D eigenvalue weighted by atomic mass is 15.3. The fourth-order valence-corrected chi connectivity index (χ4v) is 2.81. The molecule has 2 aromatic heterocycles. The topological polar surface area (TPSA) is 58.4 Å². The fraction of sp³-hybridized carbons (Fsp3) is 0.643. The lowest BCUT2D eigenvalue weighted by atomic mass is 10.1. The molecular weight excluding hydrogens is 252 g/mol. The van der Waals surface area contributed by atoms with Gasteiger partial charge in [-0.05, 0) is 38.8 Å². The molecule has 1 saturated heterocycles. The van der Waals surface area contributed by atoms with Crippen LogP contribution in [0.1, 0.15) is 25.5 Å². The zero-order chi connectivity index (χ0) is 13.9. The molecule has 0 bridgehead atoms. The average molecular weight is 274 g/mol. The first-order valence-corrected chi connectivity index (χ1v) is 7.36. The molecule has 0 saturated carbocycles. The van der Waals surface area contributed by atoms with Crippen molar-refractivity contribution >= 4 is 11.6 Å². The Morgan fingerprint density at radius 1 is 1.35 bits per heavy atom. The number of likely N-dealkylation sites (tertiary alicyclic amines) is 1. The van der Waals surface area contributed by atoms with Gasteiger partial charge in [0.1, 0.15) is 12.1 Å². The molecule has 3 rings (SSSR count). The van der Waals surface area contributed by atoms with Crippen LogP contribution in [0.25, 0.3) is 5.78 Å². The molecule has 1 aliphatic heterocycles. The Morgan fingerprint density at radius 2 is 2.15 bits per heavy atom. The Balaban J connectivity index is 1.62. The van der Waals surface area contributed by atoms with Crippen LogP contribution < -0.4 is 5.32 Å². The zero-order valence-electron chi connectivity index (χ0n) is 12.2. The number of nitrogens with zero attached hydrogens (tertiary/aromatic N) is 5. The minimum absolute atomic E-state index is 0.611. The van der Waals surface area contributed by atoms with Crippen LogP contribution in [0.3, 0.4) is 0 Å². The number of aromatic nitrogens is 4. The first kappa shape index (κ1) is 13.3. The minimum atomic E-state index is 0.611. The number of fused-ring (bicyclic) bond motifs is 1. The molecule has 6 heteroatoms. The highest BCUT2D eigenvalue weighted by molar-refractivity contribution is 5.44. The third-order valence-corrected chi connectivity index (χ3v) is 3.78. The van der Waals surface area contributed by atoms with Crippen LogP contribution in [0.15, 0.2) is 12.4 Å². The normalized spacial score (nSPS) is 17.7. The van der Waals surface area contributed by atoms with Crippen LogP contribution in [0.2, 0.25) is 0 Å². The van der Waals surface area contributed by atoms with Crippen molar-refractivity contribution in [3.8, 4) is 0 Å². The Hall–Kier alpha value is -1.69. The summed E-state index contributed by atoms with van der Waals surface area (Å²) in [4.78, 5) is 11.0. The average Bonchev–Trinajstić information content (AvgIpc) is 3.06. The van der Waals surface area contributed by atoms with Gasteiger partial charge >= 0.3 is 0 Å². The van der Waals surface area contributed by atoms with Gasteiger partial charge in [-0.2, -0.15) is 14.6 Å². The van der Waals surface area contributed by atoms with E-state index in [2.05, 4.69) is 32.2 Å². The molecule has 20 heavy (non-hydrogen) atoms. The van der Waals surface area contributed by atoms with Crippen LogP contribution in [-0.2, 0) is 0 Å². The maximum Gasteiger partial charge on any atom is 0.254 e. The van der Waals surface area contributed by atoms with Gasteiger partial charge in [0, 0.05) is 24.8 Å².